The van der Waals surface area contributed by atoms with Crippen molar-refractivity contribution in [1.82, 2.24) is 20.1 Å². The van der Waals surface area contributed by atoms with Gasteiger partial charge in [-0.25, -0.2) is 4.98 Å². The Labute approximate surface area is 80.7 Å². The molecule has 72 valence electrons. The lowest BCUT2D eigenvalue weighted by Gasteiger charge is -1.99. The average molecular weight is 190 g/mol. The van der Waals surface area contributed by atoms with Crippen molar-refractivity contribution in [2.24, 2.45) is 0 Å². The van der Waals surface area contributed by atoms with Crippen LogP contribution in [0.3, 0.4) is 0 Å². The molecular weight excluding hydrogens is 180 g/mol. The third-order valence-electron chi connectivity index (χ3n) is 2.52. The van der Waals surface area contributed by atoms with E-state index in [1.807, 2.05) is 6.92 Å². The molecule has 0 spiro atoms. The summed E-state index contributed by atoms with van der Waals surface area (Å²) in [5.41, 5.74) is 3.47. The van der Waals surface area contributed by atoms with Crippen LogP contribution in [0.1, 0.15) is 17.0 Å². The van der Waals surface area contributed by atoms with Crippen molar-refractivity contribution in [2.75, 3.05) is 0 Å². The van der Waals surface area contributed by atoms with Crippen LogP contribution < -0.4 is 5.32 Å². The minimum atomic E-state index is 0.539. The zero-order valence-corrected chi connectivity index (χ0v) is 7.82. The van der Waals surface area contributed by atoms with Gasteiger partial charge >= 0.3 is 6.01 Å². The average Bonchev–Trinajstić information content (AvgIpc) is 2.84. The number of oxazole rings is 1. The van der Waals surface area contributed by atoms with Gasteiger partial charge in [-0.05, 0) is 6.92 Å². The van der Waals surface area contributed by atoms with Gasteiger partial charge in [0.25, 0.3) is 0 Å². The fourth-order valence-corrected chi connectivity index (χ4v) is 1.78. The number of fused-ring (bicyclic) bond motifs is 1. The molecule has 5 heteroatoms. The number of nitrogens with zero attached hydrogens (tertiary/aromatic N) is 3. The second kappa shape index (κ2) is 2.68. The first-order chi connectivity index (χ1) is 6.86. The SMILES string of the molecule is Cc1c2c(nn1-c1ncco1)CNC2. The zero-order valence-electron chi connectivity index (χ0n) is 7.82. The van der Waals surface area contributed by atoms with Crippen molar-refractivity contribution in [3.8, 4) is 6.01 Å². The van der Waals surface area contributed by atoms with Gasteiger partial charge < -0.3 is 9.73 Å². The van der Waals surface area contributed by atoms with Crippen molar-refractivity contribution < 1.29 is 4.42 Å². The Morgan fingerprint density at radius 3 is 3.14 bits per heavy atom. The van der Waals surface area contributed by atoms with Gasteiger partial charge in [-0.3, -0.25) is 0 Å². The van der Waals surface area contributed by atoms with Gasteiger partial charge in [-0.15, -0.1) is 0 Å². The molecule has 0 aromatic carbocycles. The van der Waals surface area contributed by atoms with Crippen LogP contribution in [0, 0.1) is 6.92 Å². The van der Waals surface area contributed by atoms with Crippen molar-refractivity contribution in [1.29, 1.82) is 0 Å². The van der Waals surface area contributed by atoms with E-state index in [0.717, 1.165) is 24.5 Å². The van der Waals surface area contributed by atoms with Gasteiger partial charge in [-0.2, -0.15) is 9.78 Å². The number of hydrogen-bond acceptors (Lipinski definition) is 4. The first-order valence-corrected chi connectivity index (χ1v) is 4.54. The number of hydrogen-bond donors (Lipinski definition) is 1. The largest absolute Gasteiger partial charge is 0.431 e. The second-order valence-corrected chi connectivity index (χ2v) is 3.34. The van der Waals surface area contributed by atoms with Crippen molar-refractivity contribution >= 4 is 0 Å². The molecule has 0 aliphatic carbocycles. The highest BCUT2D eigenvalue weighted by Gasteiger charge is 2.20. The first-order valence-electron chi connectivity index (χ1n) is 4.54. The maximum Gasteiger partial charge on any atom is 0.322 e. The molecule has 0 amide bonds. The summed E-state index contributed by atoms with van der Waals surface area (Å²) in [5.74, 6) is 0. The molecule has 14 heavy (non-hydrogen) atoms. The molecule has 2 aromatic rings. The van der Waals surface area contributed by atoms with E-state index in [1.165, 1.54) is 5.56 Å². The third kappa shape index (κ3) is 0.927. The molecule has 0 atom stereocenters. The van der Waals surface area contributed by atoms with Crippen LogP contribution in [-0.2, 0) is 13.1 Å². The van der Waals surface area contributed by atoms with Crippen LogP contribution >= 0.6 is 0 Å². The summed E-state index contributed by atoms with van der Waals surface area (Å²) in [6, 6.07) is 0.539. The Morgan fingerprint density at radius 2 is 2.43 bits per heavy atom. The van der Waals surface area contributed by atoms with Crippen molar-refractivity contribution in [3.05, 3.63) is 29.4 Å². The minimum absolute atomic E-state index is 0.539. The fourth-order valence-electron chi connectivity index (χ4n) is 1.78. The smallest absolute Gasteiger partial charge is 0.322 e. The predicted molar refractivity (Wildman–Crippen MR) is 48.9 cm³/mol. The molecule has 0 radical (unpaired) electrons. The van der Waals surface area contributed by atoms with Gasteiger partial charge in [0, 0.05) is 18.7 Å². The lowest BCUT2D eigenvalue weighted by molar-refractivity contribution is 0.502. The third-order valence-corrected chi connectivity index (χ3v) is 2.52. The van der Waals surface area contributed by atoms with Crippen LogP contribution in [0.2, 0.25) is 0 Å². The molecule has 1 aliphatic heterocycles. The predicted octanol–water partition coefficient (Wildman–Crippen LogP) is 0.772. The molecule has 1 N–H and O–H groups in total. The lowest BCUT2D eigenvalue weighted by Crippen LogP contribution is -2.07. The standard InChI is InChI=1S/C9H10N4O/c1-6-7-4-10-5-8(7)12-13(6)9-11-2-3-14-9/h2-3,10H,4-5H2,1H3. The molecule has 0 saturated heterocycles. The summed E-state index contributed by atoms with van der Waals surface area (Å²) in [4.78, 5) is 4.07. The lowest BCUT2D eigenvalue weighted by atomic mass is 10.2. The van der Waals surface area contributed by atoms with Gasteiger partial charge in [0.05, 0.1) is 17.6 Å². The second-order valence-electron chi connectivity index (χ2n) is 3.34. The molecule has 0 unspecified atom stereocenters. The number of rotatable bonds is 1. The summed E-state index contributed by atoms with van der Waals surface area (Å²) < 4.78 is 6.96. The highest BCUT2D eigenvalue weighted by atomic mass is 16.4. The molecule has 2 aromatic heterocycles. The Morgan fingerprint density at radius 1 is 1.50 bits per heavy atom. The first kappa shape index (κ1) is 7.75. The van der Waals surface area contributed by atoms with E-state index in [1.54, 1.807) is 17.1 Å². The molecule has 0 saturated carbocycles. The molecule has 0 bridgehead atoms. The molecule has 5 nitrogen and oxygen atoms in total. The van der Waals surface area contributed by atoms with Gasteiger partial charge in [-0.1, -0.05) is 0 Å². The fraction of sp³-hybridized carbons (Fsp3) is 0.333. The van der Waals surface area contributed by atoms with Crippen LogP contribution in [0.5, 0.6) is 0 Å². The van der Waals surface area contributed by atoms with E-state index < -0.39 is 0 Å². The Balaban J connectivity index is 2.17. The van der Waals surface area contributed by atoms with E-state index in [2.05, 4.69) is 15.4 Å². The molecule has 3 rings (SSSR count). The quantitative estimate of drug-likeness (QED) is 0.721. The zero-order chi connectivity index (χ0) is 9.54. The van der Waals surface area contributed by atoms with Crippen LogP contribution in [0.15, 0.2) is 16.9 Å². The molecular formula is C9H10N4O. The monoisotopic (exact) mass is 190 g/mol. The van der Waals surface area contributed by atoms with Gasteiger partial charge in [0.1, 0.15) is 6.26 Å². The molecule has 3 heterocycles. The van der Waals surface area contributed by atoms with E-state index >= 15 is 0 Å². The number of nitrogens with one attached hydrogen (secondary N) is 1. The summed E-state index contributed by atoms with van der Waals surface area (Å²) in [7, 11) is 0. The molecule has 1 aliphatic rings. The maximum atomic E-state index is 5.21. The van der Waals surface area contributed by atoms with Crippen LogP contribution in [0.25, 0.3) is 6.01 Å². The van der Waals surface area contributed by atoms with E-state index in [9.17, 15) is 0 Å². The summed E-state index contributed by atoms with van der Waals surface area (Å²) in [6.07, 6.45) is 3.18. The minimum Gasteiger partial charge on any atom is -0.431 e. The summed E-state index contributed by atoms with van der Waals surface area (Å²) in [5, 5.41) is 7.68. The van der Waals surface area contributed by atoms with Crippen molar-refractivity contribution in [3.63, 3.8) is 0 Å². The maximum absolute atomic E-state index is 5.21. The summed E-state index contributed by atoms with van der Waals surface area (Å²) in [6.45, 7) is 3.76. The number of aromatic nitrogens is 3. The van der Waals surface area contributed by atoms with Crippen LogP contribution in [-0.4, -0.2) is 14.8 Å². The van der Waals surface area contributed by atoms with Gasteiger partial charge in [0.15, 0.2) is 0 Å². The van der Waals surface area contributed by atoms with E-state index in [4.69, 9.17) is 4.42 Å². The van der Waals surface area contributed by atoms with E-state index in [0.29, 0.717) is 6.01 Å². The topological polar surface area (TPSA) is 55.9 Å². The summed E-state index contributed by atoms with van der Waals surface area (Å²) >= 11 is 0. The highest BCUT2D eigenvalue weighted by Crippen LogP contribution is 2.20. The van der Waals surface area contributed by atoms with Crippen molar-refractivity contribution in [2.45, 2.75) is 20.0 Å². The Bertz CT molecular complexity index is 457. The molecule has 0 fully saturated rings. The van der Waals surface area contributed by atoms with E-state index in [-0.39, 0.29) is 0 Å². The Kier molecular flexibility index (Phi) is 1.49. The van der Waals surface area contributed by atoms with Crippen LogP contribution in [0.4, 0.5) is 0 Å². The van der Waals surface area contributed by atoms with Gasteiger partial charge in [0.2, 0.25) is 0 Å². The highest BCUT2D eigenvalue weighted by molar-refractivity contribution is 5.31. The normalized spacial score (nSPS) is 14.6. The Hall–Kier alpha value is -1.62.